The predicted molar refractivity (Wildman–Crippen MR) is 101 cm³/mol. The quantitative estimate of drug-likeness (QED) is 0.639. The minimum Gasteiger partial charge on any atom is -0.487 e. The molecule has 26 heavy (non-hydrogen) atoms. The van der Waals surface area contributed by atoms with Gasteiger partial charge in [0.05, 0.1) is 17.3 Å². The highest BCUT2D eigenvalue weighted by Crippen LogP contribution is 2.32. The van der Waals surface area contributed by atoms with Crippen LogP contribution in [-0.4, -0.2) is 32.4 Å². The Balaban J connectivity index is 1.85. The van der Waals surface area contributed by atoms with Gasteiger partial charge >= 0.3 is 6.03 Å². The smallest absolute Gasteiger partial charge is 0.319 e. The molecule has 140 valence electrons. The molecule has 2 N–H and O–H groups in total. The van der Waals surface area contributed by atoms with E-state index in [2.05, 4.69) is 10.6 Å². The molecular weight excluding hydrogens is 359 g/mol. The molecule has 7 heteroatoms. The first kappa shape index (κ1) is 20.0. The van der Waals surface area contributed by atoms with Crippen LogP contribution in [0.25, 0.3) is 0 Å². The van der Waals surface area contributed by atoms with E-state index in [-0.39, 0.29) is 11.8 Å². The minimum absolute atomic E-state index is 0.280. The van der Waals surface area contributed by atoms with Gasteiger partial charge in [-0.1, -0.05) is 29.8 Å². The van der Waals surface area contributed by atoms with E-state index in [1.54, 1.807) is 30.3 Å². The maximum atomic E-state index is 12.9. The average molecular weight is 381 g/mol. The lowest BCUT2D eigenvalue weighted by Gasteiger charge is -2.14. The van der Waals surface area contributed by atoms with Crippen molar-refractivity contribution in [3.63, 3.8) is 0 Å². The Labute approximate surface area is 157 Å². The molecule has 2 aromatic carbocycles. The summed E-state index contributed by atoms with van der Waals surface area (Å²) in [6, 6.07) is 10.9. The van der Waals surface area contributed by atoms with Gasteiger partial charge in [-0.05, 0) is 43.2 Å². The van der Waals surface area contributed by atoms with Crippen molar-refractivity contribution in [3.8, 4) is 5.75 Å². The number of carbonyl (C=O) groups is 1. The Morgan fingerprint density at radius 2 is 1.92 bits per heavy atom. The summed E-state index contributed by atoms with van der Waals surface area (Å²) < 4.78 is 23.7. The average Bonchev–Trinajstić information content (AvgIpc) is 2.62. The van der Waals surface area contributed by atoms with Crippen LogP contribution in [-0.2, 0) is 11.2 Å². The Morgan fingerprint density at radius 3 is 2.65 bits per heavy atom. The molecule has 2 amide bonds. The third-order valence-electron chi connectivity index (χ3n) is 3.51. The van der Waals surface area contributed by atoms with E-state index >= 15 is 0 Å². The number of nitrogens with one attached hydrogen (secondary N) is 2. The summed E-state index contributed by atoms with van der Waals surface area (Å²) in [5.74, 6) is 0.125. The second-order valence-corrected chi connectivity index (χ2v) is 5.83. The zero-order valence-corrected chi connectivity index (χ0v) is 15.3. The molecule has 5 nitrogen and oxygen atoms in total. The van der Waals surface area contributed by atoms with Crippen LogP contribution in [0.15, 0.2) is 42.5 Å². The summed E-state index contributed by atoms with van der Waals surface area (Å²) in [4.78, 5) is 12.1. The number of hydrogen-bond acceptors (Lipinski definition) is 3. The molecule has 0 saturated heterocycles. The minimum atomic E-state index is -0.371. The van der Waals surface area contributed by atoms with Gasteiger partial charge in [0.25, 0.3) is 0 Å². The van der Waals surface area contributed by atoms with Crippen molar-refractivity contribution in [2.24, 2.45) is 0 Å². The van der Waals surface area contributed by atoms with E-state index in [9.17, 15) is 9.18 Å². The van der Waals surface area contributed by atoms with Gasteiger partial charge in [0.1, 0.15) is 12.4 Å². The molecule has 2 aromatic rings. The van der Waals surface area contributed by atoms with Crippen molar-refractivity contribution in [2.75, 3.05) is 31.7 Å². The third kappa shape index (κ3) is 6.54. The molecule has 0 heterocycles. The second kappa shape index (κ2) is 10.6. The first-order chi connectivity index (χ1) is 12.6. The van der Waals surface area contributed by atoms with Crippen LogP contribution < -0.4 is 15.4 Å². The van der Waals surface area contributed by atoms with Gasteiger partial charge in [-0.15, -0.1) is 0 Å². The zero-order chi connectivity index (χ0) is 18.8. The van der Waals surface area contributed by atoms with Crippen molar-refractivity contribution in [3.05, 3.63) is 58.9 Å². The lowest BCUT2D eigenvalue weighted by molar-refractivity contribution is 0.110. The number of halogens is 2. The zero-order valence-electron chi connectivity index (χ0n) is 14.6. The first-order valence-corrected chi connectivity index (χ1v) is 8.76. The summed E-state index contributed by atoms with van der Waals surface area (Å²) in [7, 11) is 0. The largest absolute Gasteiger partial charge is 0.487 e. The Bertz CT molecular complexity index is 710. The van der Waals surface area contributed by atoms with Gasteiger partial charge in [0.15, 0.2) is 5.75 Å². The monoisotopic (exact) mass is 380 g/mol. The number of carbonyl (C=O) groups excluding carboxylic acids is 1. The van der Waals surface area contributed by atoms with E-state index in [4.69, 9.17) is 21.1 Å². The molecule has 0 aliphatic carbocycles. The molecule has 0 radical (unpaired) electrons. The van der Waals surface area contributed by atoms with E-state index in [1.165, 1.54) is 12.1 Å². The number of rotatable bonds is 9. The number of hydrogen-bond donors (Lipinski definition) is 2. The lowest BCUT2D eigenvalue weighted by Crippen LogP contribution is -2.30. The van der Waals surface area contributed by atoms with E-state index in [1.807, 2.05) is 6.92 Å². The predicted octanol–water partition coefficient (Wildman–Crippen LogP) is 4.26. The second-order valence-electron chi connectivity index (χ2n) is 5.42. The van der Waals surface area contributed by atoms with Gasteiger partial charge < -0.3 is 20.1 Å². The lowest BCUT2D eigenvalue weighted by atomic mass is 10.1. The SMILES string of the molecule is CCOCCOc1c(Cl)cccc1NC(=O)NCCc1ccc(F)cc1. The summed E-state index contributed by atoms with van der Waals surface area (Å²) in [5.41, 5.74) is 1.42. The fourth-order valence-corrected chi connectivity index (χ4v) is 2.47. The Kier molecular flexibility index (Phi) is 8.18. The van der Waals surface area contributed by atoms with Crippen LogP contribution in [0.3, 0.4) is 0 Å². The van der Waals surface area contributed by atoms with Crippen LogP contribution in [0.4, 0.5) is 14.9 Å². The molecule has 0 fully saturated rings. The number of para-hydroxylation sites is 1. The number of amides is 2. The standard InChI is InChI=1S/C19H22ClFN2O3/c1-2-25-12-13-26-18-16(20)4-3-5-17(18)23-19(24)22-11-10-14-6-8-15(21)9-7-14/h3-9H,2,10-13H2,1H3,(H2,22,23,24). The van der Waals surface area contributed by atoms with Crippen molar-refractivity contribution in [1.29, 1.82) is 0 Å². The number of anilines is 1. The Hall–Kier alpha value is -2.31. The van der Waals surface area contributed by atoms with Crippen LogP contribution in [0.2, 0.25) is 5.02 Å². The highest BCUT2D eigenvalue weighted by Gasteiger charge is 2.11. The van der Waals surface area contributed by atoms with Gasteiger partial charge in [0, 0.05) is 13.2 Å². The molecule has 0 spiro atoms. The molecule has 0 unspecified atom stereocenters. The van der Waals surface area contributed by atoms with Gasteiger partial charge in [-0.25, -0.2) is 9.18 Å². The third-order valence-corrected chi connectivity index (χ3v) is 3.80. The van der Waals surface area contributed by atoms with Crippen LogP contribution in [0, 0.1) is 5.82 Å². The van der Waals surface area contributed by atoms with E-state index in [0.717, 1.165) is 5.56 Å². The van der Waals surface area contributed by atoms with Gasteiger partial charge in [0.2, 0.25) is 0 Å². The van der Waals surface area contributed by atoms with Gasteiger partial charge in [-0.3, -0.25) is 0 Å². The normalized spacial score (nSPS) is 10.4. The number of urea groups is 1. The fraction of sp³-hybridized carbons (Fsp3) is 0.316. The van der Waals surface area contributed by atoms with E-state index in [0.29, 0.717) is 49.2 Å². The molecular formula is C19H22ClFN2O3. The van der Waals surface area contributed by atoms with Crippen molar-refractivity contribution < 1.29 is 18.7 Å². The topological polar surface area (TPSA) is 59.6 Å². The molecule has 0 aromatic heterocycles. The summed E-state index contributed by atoms with van der Waals surface area (Å²) in [6.45, 7) is 3.69. The highest BCUT2D eigenvalue weighted by atomic mass is 35.5. The van der Waals surface area contributed by atoms with Gasteiger partial charge in [-0.2, -0.15) is 0 Å². The molecule has 0 atom stereocenters. The molecule has 2 rings (SSSR count). The highest BCUT2D eigenvalue weighted by molar-refractivity contribution is 6.32. The Morgan fingerprint density at radius 1 is 1.15 bits per heavy atom. The molecule has 0 aliphatic rings. The number of ether oxygens (including phenoxy) is 2. The van der Waals surface area contributed by atoms with Crippen LogP contribution in [0.1, 0.15) is 12.5 Å². The fourth-order valence-electron chi connectivity index (χ4n) is 2.24. The number of benzene rings is 2. The van der Waals surface area contributed by atoms with Crippen molar-refractivity contribution >= 4 is 23.3 Å². The molecule has 0 bridgehead atoms. The van der Waals surface area contributed by atoms with Crippen LogP contribution in [0.5, 0.6) is 5.75 Å². The van der Waals surface area contributed by atoms with Crippen LogP contribution >= 0.6 is 11.6 Å². The first-order valence-electron chi connectivity index (χ1n) is 8.38. The summed E-state index contributed by atoms with van der Waals surface area (Å²) >= 11 is 6.15. The van der Waals surface area contributed by atoms with Crippen molar-refractivity contribution in [1.82, 2.24) is 5.32 Å². The maximum Gasteiger partial charge on any atom is 0.319 e. The molecule has 0 saturated carbocycles. The summed E-state index contributed by atoms with van der Waals surface area (Å²) in [6.07, 6.45) is 0.598. The summed E-state index contributed by atoms with van der Waals surface area (Å²) in [5, 5.41) is 5.89. The van der Waals surface area contributed by atoms with E-state index < -0.39 is 0 Å². The maximum absolute atomic E-state index is 12.9. The van der Waals surface area contributed by atoms with Crippen molar-refractivity contribution in [2.45, 2.75) is 13.3 Å². The molecule has 0 aliphatic heterocycles.